The van der Waals surface area contributed by atoms with Gasteiger partial charge in [-0.2, -0.15) is 0 Å². The minimum absolute atomic E-state index is 0.315. The number of rotatable bonds is 4. The standard InChI is InChI=1S/C9H15NO3/c1-6(2)5-10-7(11)9(3,4)8(12)13/h1,5H2,2-4H3,(H,10,11)(H,12,13). The maximum Gasteiger partial charge on any atom is 0.318 e. The fourth-order valence-corrected chi connectivity index (χ4v) is 0.549. The second-order valence-corrected chi connectivity index (χ2v) is 3.57. The van der Waals surface area contributed by atoms with Crippen LogP contribution in [0.5, 0.6) is 0 Å². The van der Waals surface area contributed by atoms with Crippen LogP contribution in [0.1, 0.15) is 20.8 Å². The zero-order valence-electron chi connectivity index (χ0n) is 8.18. The molecule has 0 saturated carbocycles. The molecule has 0 rings (SSSR count). The van der Waals surface area contributed by atoms with Gasteiger partial charge in [-0.05, 0) is 20.8 Å². The monoisotopic (exact) mass is 185 g/mol. The lowest BCUT2D eigenvalue weighted by molar-refractivity contribution is -0.153. The van der Waals surface area contributed by atoms with Crippen LogP contribution in [0.15, 0.2) is 12.2 Å². The SMILES string of the molecule is C=C(C)CNC(=O)C(C)(C)C(=O)O. The molecule has 0 spiro atoms. The average molecular weight is 185 g/mol. The van der Waals surface area contributed by atoms with Crippen LogP contribution in [-0.4, -0.2) is 23.5 Å². The summed E-state index contributed by atoms with van der Waals surface area (Å²) in [6.07, 6.45) is 0. The third kappa shape index (κ3) is 3.27. The van der Waals surface area contributed by atoms with Gasteiger partial charge in [0.25, 0.3) is 0 Å². The number of carbonyl (C=O) groups excluding carboxylic acids is 1. The maximum atomic E-state index is 11.3. The number of carboxylic acids is 1. The van der Waals surface area contributed by atoms with Crippen molar-refractivity contribution < 1.29 is 14.7 Å². The summed E-state index contributed by atoms with van der Waals surface area (Å²) in [6.45, 7) is 8.39. The van der Waals surface area contributed by atoms with Gasteiger partial charge in [-0.15, -0.1) is 0 Å². The average Bonchev–Trinajstić information content (AvgIpc) is 1.99. The van der Waals surface area contributed by atoms with Crippen molar-refractivity contribution in [2.45, 2.75) is 20.8 Å². The van der Waals surface area contributed by atoms with Crippen molar-refractivity contribution in [2.75, 3.05) is 6.54 Å². The first-order valence-corrected chi connectivity index (χ1v) is 3.94. The van der Waals surface area contributed by atoms with Crippen LogP contribution in [0, 0.1) is 5.41 Å². The van der Waals surface area contributed by atoms with Gasteiger partial charge >= 0.3 is 5.97 Å². The number of nitrogens with one attached hydrogen (secondary N) is 1. The molecule has 0 aromatic heterocycles. The molecule has 0 heterocycles. The zero-order chi connectivity index (χ0) is 10.6. The first kappa shape index (κ1) is 11.7. The molecule has 1 amide bonds. The highest BCUT2D eigenvalue weighted by molar-refractivity contribution is 6.00. The van der Waals surface area contributed by atoms with E-state index in [2.05, 4.69) is 11.9 Å². The van der Waals surface area contributed by atoms with Crippen LogP contribution in [0.25, 0.3) is 0 Å². The highest BCUT2D eigenvalue weighted by atomic mass is 16.4. The van der Waals surface area contributed by atoms with E-state index in [1.807, 2.05) is 0 Å². The Balaban J connectivity index is 4.26. The van der Waals surface area contributed by atoms with Gasteiger partial charge in [0.2, 0.25) is 5.91 Å². The number of aliphatic carboxylic acids is 1. The first-order chi connectivity index (χ1) is 5.78. The van der Waals surface area contributed by atoms with Crippen molar-refractivity contribution in [1.82, 2.24) is 5.32 Å². The molecule has 0 aliphatic carbocycles. The topological polar surface area (TPSA) is 66.4 Å². The number of carbonyl (C=O) groups is 2. The normalized spacial score (nSPS) is 10.7. The molecule has 0 atom stereocenters. The number of hydrogen-bond acceptors (Lipinski definition) is 2. The Morgan fingerprint density at radius 1 is 1.46 bits per heavy atom. The molecular weight excluding hydrogens is 170 g/mol. The van der Waals surface area contributed by atoms with E-state index >= 15 is 0 Å². The lowest BCUT2D eigenvalue weighted by atomic mass is 9.93. The Morgan fingerprint density at radius 2 is 1.92 bits per heavy atom. The molecule has 0 aromatic rings. The summed E-state index contributed by atoms with van der Waals surface area (Å²) < 4.78 is 0. The number of carboxylic acid groups (broad SMARTS) is 1. The Labute approximate surface area is 77.6 Å². The highest BCUT2D eigenvalue weighted by Crippen LogP contribution is 2.14. The lowest BCUT2D eigenvalue weighted by Crippen LogP contribution is -2.42. The van der Waals surface area contributed by atoms with E-state index in [1.165, 1.54) is 13.8 Å². The van der Waals surface area contributed by atoms with Gasteiger partial charge in [0.15, 0.2) is 0 Å². The minimum atomic E-state index is -1.38. The van der Waals surface area contributed by atoms with Crippen LogP contribution in [0.2, 0.25) is 0 Å². The smallest absolute Gasteiger partial charge is 0.318 e. The molecule has 0 bridgehead atoms. The largest absolute Gasteiger partial charge is 0.480 e. The fourth-order valence-electron chi connectivity index (χ4n) is 0.549. The predicted octanol–water partition coefficient (Wildman–Crippen LogP) is 0.790. The first-order valence-electron chi connectivity index (χ1n) is 3.94. The van der Waals surface area contributed by atoms with E-state index in [-0.39, 0.29) is 0 Å². The van der Waals surface area contributed by atoms with Crippen molar-refractivity contribution in [2.24, 2.45) is 5.41 Å². The van der Waals surface area contributed by atoms with E-state index in [0.29, 0.717) is 6.54 Å². The van der Waals surface area contributed by atoms with Gasteiger partial charge in [0.1, 0.15) is 5.41 Å². The molecule has 0 unspecified atom stereocenters. The lowest BCUT2D eigenvalue weighted by Gasteiger charge is -2.18. The van der Waals surface area contributed by atoms with Gasteiger partial charge < -0.3 is 10.4 Å². The molecule has 4 nitrogen and oxygen atoms in total. The van der Waals surface area contributed by atoms with Crippen LogP contribution < -0.4 is 5.32 Å². The summed E-state index contributed by atoms with van der Waals surface area (Å²) in [5.74, 6) is -1.63. The van der Waals surface area contributed by atoms with Crippen molar-refractivity contribution in [3.8, 4) is 0 Å². The number of hydrogen-bond donors (Lipinski definition) is 2. The fraction of sp³-hybridized carbons (Fsp3) is 0.556. The summed E-state index contributed by atoms with van der Waals surface area (Å²) in [6, 6.07) is 0. The Kier molecular flexibility index (Phi) is 3.66. The molecule has 4 heteroatoms. The molecular formula is C9H15NO3. The molecule has 0 saturated heterocycles. The van der Waals surface area contributed by atoms with Crippen molar-refractivity contribution in [3.05, 3.63) is 12.2 Å². The number of amides is 1. The second kappa shape index (κ2) is 4.07. The molecule has 0 aliphatic heterocycles. The summed E-state index contributed by atoms with van der Waals surface area (Å²) in [5, 5.41) is 11.2. The molecule has 13 heavy (non-hydrogen) atoms. The van der Waals surface area contributed by atoms with Crippen molar-refractivity contribution >= 4 is 11.9 Å². The minimum Gasteiger partial charge on any atom is -0.480 e. The van der Waals surface area contributed by atoms with Crippen LogP contribution >= 0.6 is 0 Å². The van der Waals surface area contributed by atoms with E-state index in [0.717, 1.165) is 5.57 Å². The molecule has 2 N–H and O–H groups in total. The van der Waals surface area contributed by atoms with E-state index in [9.17, 15) is 9.59 Å². The zero-order valence-corrected chi connectivity index (χ0v) is 8.18. The van der Waals surface area contributed by atoms with E-state index < -0.39 is 17.3 Å². The maximum absolute atomic E-state index is 11.3. The van der Waals surface area contributed by atoms with Crippen molar-refractivity contribution in [3.63, 3.8) is 0 Å². The van der Waals surface area contributed by atoms with Gasteiger partial charge in [0, 0.05) is 6.54 Å². The van der Waals surface area contributed by atoms with E-state index in [4.69, 9.17) is 5.11 Å². The Bertz CT molecular complexity index is 243. The summed E-state index contributed by atoms with van der Waals surface area (Å²) in [4.78, 5) is 21.9. The van der Waals surface area contributed by atoms with Crippen LogP contribution in [-0.2, 0) is 9.59 Å². The van der Waals surface area contributed by atoms with Gasteiger partial charge in [-0.1, -0.05) is 12.2 Å². The third-order valence-electron chi connectivity index (χ3n) is 1.65. The predicted molar refractivity (Wildman–Crippen MR) is 49.2 cm³/mol. The quantitative estimate of drug-likeness (QED) is 0.502. The summed E-state index contributed by atoms with van der Waals surface area (Å²) >= 11 is 0. The molecule has 0 fully saturated rings. The highest BCUT2D eigenvalue weighted by Gasteiger charge is 2.35. The van der Waals surface area contributed by atoms with Gasteiger partial charge in [-0.3, -0.25) is 9.59 Å². The van der Waals surface area contributed by atoms with Gasteiger partial charge in [0.05, 0.1) is 0 Å². The van der Waals surface area contributed by atoms with Crippen LogP contribution in [0.4, 0.5) is 0 Å². The summed E-state index contributed by atoms with van der Waals surface area (Å²) in [5.41, 5.74) is -0.593. The van der Waals surface area contributed by atoms with Gasteiger partial charge in [-0.25, -0.2) is 0 Å². The Morgan fingerprint density at radius 3 is 2.23 bits per heavy atom. The molecule has 0 aromatic carbocycles. The molecule has 0 radical (unpaired) electrons. The third-order valence-corrected chi connectivity index (χ3v) is 1.65. The van der Waals surface area contributed by atoms with E-state index in [1.54, 1.807) is 6.92 Å². The van der Waals surface area contributed by atoms with Crippen LogP contribution in [0.3, 0.4) is 0 Å². The Hall–Kier alpha value is -1.32. The second-order valence-electron chi connectivity index (χ2n) is 3.57. The molecule has 0 aliphatic rings. The molecule has 74 valence electrons. The van der Waals surface area contributed by atoms with Crippen molar-refractivity contribution in [1.29, 1.82) is 0 Å². The summed E-state index contributed by atoms with van der Waals surface area (Å²) in [7, 11) is 0.